The number of terminal acetylenes is 1. The van der Waals surface area contributed by atoms with Crippen LogP contribution in [0.2, 0.25) is 0 Å². The Morgan fingerprint density at radius 3 is 2.33 bits per heavy atom. The molecule has 0 amide bonds. The van der Waals surface area contributed by atoms with E-state index in [2.05, 4.69) is 5.92 Å². The summed E-state index contributed by atoms with van der Waals surface area (Å²) in [4.78, 5) is 0. The second kappa shape index (κ2) is 2.89. The van der Waals surface area contributed by atoms with E-state index < -0.39 is 5.60 Å². The Balaban J connectivity index is 4.01. The van der Waals surface area contributed by atoms with E-state index in [0.717, 1.165) is 6.42 Å². The fourth-order valence-corrected chi connectivity index (χ4v) is 0.540. The predicted octanol–water partition coefficient (Wildman–Crippen LogP) is 1.42. The van der Waals surface area contributed by atoms with Gasteiger partial charge in [-0.2, -0.15) is 0 Å². The fraction of sp³-hybridized carbons (Fsp3) is 0.750. The van der Waals surface area contributed by atoms with Gasteiger partial charge in [0.15, 0.2) is 0 Å². The van der Waals surface area contributed by atoms with Gasteiger partial charge in [-0.3, -0.25) is 0 Å². The van der Waals surface area contributed by atoms with E-state index >= 15 is 0 Å². The summed E-state index contributed by atoms with van der Waals surface area (Å²) in [5.41, 5.74) is -0.922. The van der Waals surface area contributed by atoms with Crippen molar-refractivity contribution in [3.63, 3.8) is 0 Å². The van der Waals surface area contributed by atoms with Gasteiger partial charge in [-0.05, 0) is 19.3 Å². The average molecular weight is 126 g/mol. The zero-order valence-electron chi connectivity index (χ0n) is 6.31. The van der Waals surface area contributed by atoms with Crippen LogP contribution in [0, 0.1) is 18.3 Å². The van der Waals surface area contributed by atoms with Crippen LogP contribution < -0.4 is 0 Å². The SMILES string of the molecule is C#CC(C)(O)C(C)CC. The smallest absolute Gasteiger partial charge is 0.124 e. The number of hydrogen-bond donors (Lipinski definition) is 1. The number of aliphatic hydroxyl groups is 1. The van der Waals surface area contributed by atoms with Gasteiger partial charge in [0.2, 0.25) is 0 Å². The van der Waals surface area contributed by atoms with Gasteiger partial charge in [-0.1, -0.05) is 19.8 Å². The molecule has 0 radical (unpaired) electrons. The third-order valence-electron chi connectivity index (χ3n) is 1.86. The number of hydrogen-bond acceptors (Lipinski definition) is 1. The zero-order chi connectivity index (χ0) is 7.49. The normalized spacial score (nSPS) is 19.9. The Labute approximate surface area is 57.1 Å². The summed E-state index contributed by atoms with van der Waals surface area (Å²) in [6.07, 6.45) is 6.00. The molecule has 9 heavy (non-hydrogen) atoms. The maximum atomic E-state index is 9.36. The molecule has 0 aromatic carbocycles. The monoisotopic (exact) mass is 126 g/mol. The molecular formula is C8H14O. The lowest BCUT2D eigenvalue weighted by Gasteiger charge is -2.22. The summed E-state index contributed by atoms with van der Waals surface area (Å²) in [6.45, 7) is 5.62. The molecule has 0 rings (SSSR count). The molecule has 0 saturated carbocycles. The van der Waals surface area contributed by atoms with Crippen molar-refractivity contribution in [2.75, 3.05) is 0 Å². The minimum Gasteiger partial charge on any atom is -0.378 e. The van der Waals surface area contributed by atoms with Gasteiger partial charge >= 0.3 is 0 Å². The van der Waals surface area contributed by atoms with Crippen LogP contribution >= 0.6 is 0 Å². The van der Waals surface area contributed by atoms with Crippen molar-refractivity contribution in [1.82, 2.24) is 0 Å². The second-order valence-corrected chi connectivity index (χ2v) is 2.60. The third-order valence-corrected chi connectivity index (χ3v) is 1.86. The largest absolute Gasteiger partial charge is 0.378 e. The summed E-state index contributed by atoms with van der Waals surface area (Å²) in [5.74, 6) is 2.53. The molecule has 0 heterocycles. The molecule has 0 fully saturated rings. The average Bonchev–Trinajstić information content (AvgIpc) is 1.86. The van der Waals surface area contributed by atoms with Gasteiger partial charge in [0.1, 0.15) is 5.60 Å². The van der Waals surface area contributed by atoms with Crippen LogP contribution in [0.15, 0.2) is 0 Å². The molecule has 0 bridgehead atoms. The topological polar surface area (TPSA) is 20.2 Å². The van der Waals surface area contributed by atoms with Gasteiger partial charge in [0.25, 0.3) is 0 Å². The van der Waals surface area contributed by atoms with Gasteiger partial charge < -0.3 is 5.11 Å². The van der Waals surface area contributed by atoms with Crippen LogP contribution in [0.3, 0.4) is 0 Å². The van der Waals surface area contributed by atoms with E-state index in [9.17, 15) is 5.11 Å². The molecule has 2 unspecified atom stereocenters. The highest BCUT2D eigenvalue weighted by Crippen LogP contribution is 2.17. The van der Waals surface area contributed by atoms with Gasteiger partial charge in [0.05, 0.1) is 0 Å². The van der Waals surface area contributed by atoms with Crippen molar-refractivity contribution in [2.45, 2.75) is 32.8 Å². The first-order chi connectivity index (χ1) is 4.04. The molecule has 52 valence electrons. The Morgan fingerprint density at radius 1 is 1.78 bits per heavy atom. The molecular weight excluding hydrogens is 112 g/mol. The summed E-state index contributed by atoms with van der Waals surface area (Å²) in [5, 5.41) is 9.36. The fourth-order valence-electron chi connectivity index (χ4n) is 0.540. The molecule has 0 saturated heterocycles. The lowest BCUT2D eigenvalue weighted by molar-refractivity contribution is 0.0627. The van der Waals surface area contributed by atoms with Crippen molar-refractivity contribution >= 4 is 0 Å². The molecule has 2 atom stereocenters. The van der Waals surface area contributed by atoms with Crippen molar-refractivity contribution in [1.29, 1.82) is 0 Å². The summed E-state index contributed by atoms with van der Waals surface area (Å²) >= 11 is 0. The lowest BCUT2D eigenvalue weighted by atomic mass is 9.90. The van der Waals surface area contributed by atoms with Crippen LogP contribution in [-0.4, -0.2) is 10.7 Å². The summed E-state index contributed by atoms with van der Waals surface area (Å²) in [7, 11) is 0. The predicted molar refractivity (Wildman–Crippen MR) is 38.9 cm³/mol. The maximum absolute atomic E-state index is 9.36. The maximum Gasteiger partial charge on any atom is 0.124 e. The first-order valence-corrected chi connectivity index (χ1v) is 3.24. The highest BCUT2D eigenvalue weighted by atomic mass is 16.3. The molecule has 0 aliphatic rings. The summed E-state index contributed by atoms with van der Waals surface area (Å²) < 4.78 is 0. The Morgan fingerprint density at radius 2 is 2.22 bits per heavy atom. The standard InChI is InChI=1S/C8H14O/c1-5-7(3)8(4,9)6-2/h2,7,9H,5H2,1,3-4H3. The zero-order valence-corrected chi connectivity index (χ0v) is 6.31. The summed E-state index contributed by atoms with van der Waals surface area (Å²) in [6, 6.07) is 0. The van der Waals surface area contributed by atoms with Crippen molar-refractivity contribution in [3.8, 4) is 12.3 Å². The second-order valence-electron chi connectivity index (χ2n) is 2.60. The van der Waals surface area contributed by atoms with Gasteiger partial charge in [-0.25, -0.2) is 0 Å². The molecule has 1 N–H and O–H groups in total. The van der Waals surface area contributed by atoms with Crippen LogP contribution in [0.4, 0.5) is 0 Å². The minimum absolute atomic E-state index is 0.183. The lowest BCUT2D eigenvalue weighted by Crippen LogP contribution is -2.29. The van der Waals surface area contributed by atoms with Gasteiger partial charge in [-0.15, -0.1) is 6.42 Å². The Kier molecular flexibility index (Phi) is 2.73. The van der Waals surface area contributed by atoms with Crippen LogP contribution in [0.25, 0.3) is 0 Å². The minimum atomic E-state index is -0.922. The van der Waals surface area contributed by atoms with Crippen LogP contribution in [-0.2, 0) is 0 Å². The van der Waals surface area contributed by atoms with Crippen molar-refractivity contribution in [2.24, 2.45) is 5.92 Å². The molecule has 0 aromatic rings. The molecule has 0 aliphatic heterocycles. The highest BCUT2D eigenvalue weighted by Gasteiger charge is 2.23. The van der Waals surface area contributed by atoms with E-state index in [0.29, 0.717) is 0 Å². The molecule has 0 spiro atoms. The van der Waals surface area contributed by atoms with E-state index in [-0.39, 0.29) is 5.92 Å². The first-order valence-electron chi connectivity index (χ1n) is 3.24. The van der Waals surface area contributed by atoms with E-state index in [4.69, 9.17) is 6.42 Å². The van der Waals surface area contributed by atoms with Gasteiger partial charge in [0, 0.05) is 0 Å². The Hall–Kier alpha value is -0.480. The third kappa shape index (κ3) is 2.07. The first kappa shape index (κ1) is 8.52. The molecule has 0 aliphatic carbocycles. The van der Waals surface area contributed by atoms with Crippen molar-refractivity contribution < 1.29 is 5.11 Å². The molecule has 1 nitrogen and oxygen atoms in total. The molecule has 0 aromatic heterocycles. The van der Waals surface area contributed by atoms with Crippen molar-refractivity contribution in [3.05, 3.63) is 0 Å². The van der Waals surface area contributed by atoms with Crippen LogP contribution in [0.5, 0.6) is 0 Å². The Bertz CT molecular complexity index is 119. The van der Waals surface area contributed by atoms with E-state index in [1.54, 1.807) is 6.92 Å². The van der Waals surface area contributed by atoms with E-state index in [1.807, 2.05) is 13.8 Å². The molecule has 1 heteroatoms. The van der Waals surface area contributed by atoms with E-state index in [1.165, 1.54) is 0 Å². The van der Waals surface area contributed by atoms with Crippen LogP contribution in [0.1, 0.15) is 27.2 Å². The quantitative estimate of drug-likeness (QED) is 0.555. The number of rotatable bonds is 2. The highest BCUT2D eigenvalue weighted by molar-refractivity contribution is 5.06.